The zero-order chi connectivity index (χ0) is 7.45. The molecule has 68 valence electrons. The van der Waals surface area contributed by atoms with Crippen LogP contribution in [0.3, 0.4) is 0 Å². The van der Waals surface area contributed by atoms with Crippen LogP contribution in [0.2, 0.25) is 0 Å². The molecule has 11 heavy (non-hydrogen) atoms. The number of hydrogen-bond donors (Lipinski definition) is 1. The molecule has 0 saturated carbocycles. The number of likely N-dealkylation sites (N-methyl/N-ethyl adjacent to an activating group) is 1. The van der Waals surface area contributed by atoms with Gasteiger partial charge in [-0.2, -0.15) is 0 Å². The van der Waals surface area contributed by atoms with E-state index in [9.17, 15) is 0 Å². The van der Waals surface area contributed by atoms with Crippen LogP contribution in [-0.4, -0.2) is 48.0 Å². The number of aliphatic hydroxyl groups is 1. The molecule has 4 heteroatoms. The lowest BCUT2D eigenvalue weighted by atomic mass is 10.3. The molecule has 0 aromatic rings. The first kappa shape index (κ1) is 11.6. The van der Waals surface area contributed by atoms with Gasteiger partial charge in [0.2, 0.25) is 0 Å². The van der Waals surface area contributed by atoms with Crippen molar-refractivity contribution in [2.24, 2.45) is 0 Å². The molecule has 0 aromatic carbocycles. The highest BCUT2D eigenvalue weighted by molar-refractivity contribution is 7.99. The quantitative estimate of drug-likeness (QED) is 0.667. The van der Waals surface area contributed by atoms with E-state index in [-0.39, 0.29) is 12.4 Å². The maximum atomic E-state index is 8.76. The SMILES string of the molecule is C[N+]1(CCO)CCCSC1.Cl. The molecule has 2 nitrogen and oxygen atoms in total. The normalized spacial score (nSPS) is 31.1. The molecular weight excluding hydrogens is 182 g/mol. The van der Waals surface area contributed by atoms with E-state index in [0.29, 0.717) is 6.61 Å². The summed E-state index contributed by atoms with van der Waals surface area (Å²) in [7, 11) is 2.22. The molecule has 1 atom stereocenters. The van der Waals surface area contributed by atoms with E-state index in [4.69, 9.17) is 5.11 Å². The number of rotatable bonds is 2. The molecule has 0 bridgehead atoms. The lowest BCUT2D eigenvalue weighted by Crippen LogP contribution is -2.48. The second kappa shape index (κ2) is 5.25. The van der Waals surface area contributed by atoms with Crippen LogP contribution in [-0.2, 0) is 0 Å². The summed E-state index contributed by atoms with van der Waals surface area (Å²) in [4.78, 5) is 0. The summed E-state index contributed by atoms with van der Waals surface area (Å²) < 4.78 is 1.06. The van der Waals surface area contributed by atoms with Gasteiger partial charge in [-0.05, 0) is 0 Å². The topological polar surface area (TPSA) is 20.2 Å². The van der Waals surface area contributed by atoms with Gasteiger partial charge >= 0.3 is 0 Å². The van der Waals surface area contributed by atoms with Gasteiger partial charge in [-0.25, -0.2) is 0 Å². The van der Waals surface area contributed by atoms with Gasteiger partial charge in [0.05, 0.1) is 20.2 Å². The van der Waals surface area contributed by atoms with Crippen molar-refractivity contribution in [1.82, 2.24) is 0 Å². The molecule has 1 unspecified atom stereocenters. The Morgan fingerprint density at radius 2 is 2.27 bits per heavy atom. The molecule has 0 aliphatic carbocycles. The maximum Gasteiger partial charge on any atom is 0.125 e. The fraction of sp³-hybridized carbons (Fsp3) is 1.00. The van der Waals surface area contributed by atoms with Gasteiger partial charge in [0.15, 0.2) is 0 Å². The molecule has 0 aromatic heterocycles. The van der Waals surface area contributed by atoms with E-state index in [1.807, 2.05) is 11.8 Å². The van der Waals surface area contributed by atoms with Gasteiger partial charge in [0, 0.05) is 12.2 Å². The lowest BCUT2D eigenvalue weighted by molar-refractivity contribution is -0.898. The summed E-state index contributed by atoms with van der Waals surface area (Å²) in [5, 5.41) is 8.76. The average molecular weight is 199 g/mol. The minimum atomic E-state index is 0. The van der Waals surface area contributed by atoms with Crippen LogP contribution in [0.1, 0.15) is 6.42 Å². The van der Waals surface area contributed by atoms with Gasteiger partial charge in [0.25, 0.3) is 0 Å². The van der Waals surface area contributed by atoms with Crippen LogP contribution in [0.5, 0.6) is 0 Å². The summed E-state index contributed by atoms with van der Waals surface area (Å²) in [5.41, 5.74) is 0. The first-order chi connectivity index (χ1) is 4.77. The first-order valence-electron chi connectivity index (χ1n) is 3.79. The third kappa shape index (κ3) is 3.65. The van der Waals surface area contributed by atoms with E-state index in [2.05, 4.69) is 7.05 Å². The summed E-state index contributed by atoms with van der Waals surface area (Å²) >= 11 is 2.00. The minimum absolute atomic E-state index is 0. The Balaban J connectivity index is 0.000001000. The van der Waals surface area contributed by atoms with Crippen molar-refractivity contribution < 1.29 is 9.59 Å². The van der Waals surface area contributed by atoms with Gasteiger partial charge in [-0.15, -0.1) is 24.2 Å². The van der Waals surface area contributed by atoms with Crippen molar-refractivity contribution in [3.05, 3.63) is 0 Å². The fourth-order valence-electron chi connectivity index (χ4n) is 1.32. The zero-order valence-corrected chi connectivity index (χ0v) is 8.59. The highest BCUT2D eigenvalue weighted by atomic mass is 35.5. The molecule has 1 rings (SSSR count). The Kier molecular flexibility index (Phi) is 5.52. The maximum absolute atomic E-state index is 8.76. The molecule has 0 radical (unpaired) electrons. The Hall–Kier alpha value is 0.560. The fourth-order valence-corrected chi connectivity index (χ4v) is 2.48. The highest BCUT2D eigenvalue weighted by Gasteiger charge is 2.23. The summed E-state index contributed by atoms with van der Waals surface area (Å²) in [6.45, 7) is 2.50. The molecule has 1 aliphatic heterocycles. The van der Waals surface area contributed by atoms with E-state index >= 15 is 0 Å². The number of thioether (sulfide) groups is 1. The van der Waals surface area contributed by atoms with Gasteiger partial charge in [-0.3, -0.25) is 0 Å². The van der Waals surface area contributed by atoms with E-state index < -0.39 is 0 Å². The number of quaternary nitrogens is 1. The second-order valence-electron chi connectivity index (χ2n) is 3.18. The Labute approximate surface area is 79.0 Å². The second-order valence-corrected chi connectivity index (χ2v) is 4.26. The lowest BCUT2D eigenvalue weighted by Gasteiger charge is -2.36. The highest BCUT2D eigenvalue weighted by Crippen LogP contribution is 2.19. The smallest absolute Gasteiger partial charge is 0.125 e. The van der Waals surface area contributed by atoms with Crippen LogP contribution in [0, 0.1) is 0 Å². The molecular formula is C7H17ClNOS+. The summed E-state index contributed by atoms with van der Waals surface area (Å²) in [6, 6.07) is 0. The minimum Gasteiger partial charge on any atom is -0.391 e. The molecule has 1 heterocycles. The van der Waals surface area contributed by atoms with Crippen LogP contribution in [0.4, 0.5) is 0 Å². The molecule has 1 N–H and O–H groups in total. The standard InChI is InChI=1S/C7H16NOS.ClH/c1-8(4-5-9)3-2-6-10-7-8;/h9H,2-7H2,1H3;1H/q+1;. The monoisotopic (exact) mass is 198 g/mol. The first-order valence-corrected chi connectivity index (χ1v) is 4.94. The average Bonchev–Trinajstić information content (AvgIpc) is 1.89. The van der Waals surface area contributed by atoms with E-state index in [1.54, 1.807) is 0 Å². The summed E-state index contributed by atoms with van der Waals surface area (Å²) in [5.74, 6) is 2.49. The van der Waals surface area contributed by atoms with Crippen molar-refractivity contribution in [3.8, 4) is 0 Å². The molecule has 1 saturated heterocycles. The number of halogens is 1. The Morgan fingerprint density at radius 1 is 1.55 bits per heavy atom. The zero-order valence-electron chi connectivity index (χ0n) is 6.95. The van der Waals surface area contributed by atoms with Crippen molar-refractivity contribution in [3.63, 3.8) is 0 Å². The number of nitrogens with zero attached hydrogens (tertiary/aromatic N) is 1. The van der Waals surface area contributed by atoms with Crippen molar-refractivity contribution in [2.45, 2.75) is 6.42 Å². The molecule has 0 amide bonds. The largest absolute Gasteiger partial charge is 0.391 e. The van der Waals surface area contributed by atoms with Crippen LogP contribution >= 0.6 is 24.2 Å². The predicted molar refractivity (Wildman–Crippen MR) is 52.2 cm³/mol. The van der Waals surface area contributed by atoms with E-state index in [1.165, 1.54) is 24.6 Å². The predicted octanol–water partition coefficient (Wildman–Crippen LogP) is 0.942. The van der Waals surface area contributed by atoms with Crippen LogP contribution < -0.4 is 0 Å². The third-order valence-electron chi connectivity index (χ3n) is 2.03. The van der Waals surface area contributed by atoms with Gasteiger partial charge in [0.1, 0.15) is 12.4 Å². The van der Waals surface area contributed by atoms with Crippen molar-refractivity contribution >= 4 is 24.2 Å². The molecule has 1 fully saturated rings. The van der Waals surface area contributed by atoms with Crippen LogP contribution in [0.15, 0.2) is 0 Å². The van der Waals surface area contributed by atoms with E-state index in [0.717, 1.165) is 11.0 Å². The Morgan fingerprint density at radius 3 is 2.73 bits per heavy atom. The Bertz CT molecular complexity index is 101. The van der Waals surface area contributed by atoms with Crippen LogP contribution in [0.25, 0.3) is 0 Å². The van der Waals surface area contributed by atoms with Gasteiger partial charge < -0.3 is 9.59 Å². The number of hydrogen-bond acceptors (Lipinski definition) is 2. The van der Waals surface area contributed by atoms with Crippen molar-refractivity contribution in [1.29, 1.82) is 0 Å². The molecule has 1 aliphatic rings. The summed E-state index contributed by atoms with van der Waals surface area (Å²) in [6.07, 6.45) is 1.31. The van der Waals surface area contributed by atoms with Gasteiger partial charge in [-0.1, -0.05) is 0 Å². The van der Waals surface area contributed by atoms with Crippen molar-refractivity contribution in [2.75, 3.05) is 38.4 Å². The number of aliphatic hydroxyl groups excluding tert-OH is 1. The third-order valence-corrected chi connectivity index (χ3v) is 3.41. The molecule has 0 spiro atoms.